The number of carbonyl (C=O) groups is 2. The monoisotopic (exact) mass is 1690 g/mol. The highest BCUT2D eigenvalue weighted by molar-refractivity contribution is 6.01. The van der Waals surface area contributed by atoms with E-state index in [4.69, 9.17) is 38.4 Å². The highest BCUT2D eigenvalue weighted by Gasteiger charge is 2.23. The van der Waals surface area contributed by atoms with Crippen molar-refractivity contribution in [2.24, 2.45) is 0 Å². The Bertz CT molecular complexity index is 3970. The van der Waals surface area contributed by atoms with E-state index in [0.29, 0.717) is 37.6 Å². The van der Waals surface area contributed by atoms with Gasteiger partial charge in [0.1, 0.15) is 23.0 Å². The van der Waals surface area contributed by atoms with Crippen LogP contribution in [0.4, 0.5) is 0 Å². The Kier molecular flexibility index (Phi) is 49.0. The van der Waals surface area contributed by atoms with Crippen molar-refractivity contribution in [3.63, 3.8) is 0 Å². The molecule has 124 heavy (non-hydrogen) atoms. The number of hydrogen-bond donors (Lipinski definition) is 2. The summed E-state index contributed by atoms with van der Waals surface area (Å²) in [5.41, 5.74) is 14.1. The molecule has 12 heteroatoms. The maximum absolute atomic E-state index is 13.2. The Labute approximate surface area is 750 Å². The summed E-state index contributed by atoms with van der Waals surface area (Å²) in [5.74, 6) is 2.20. The van der Waals surface area contributed by atoms with E-state index in [1.54, 1.807) is 0 Å². The molecule has 2 aliphatic rings. The van der Waals surface area contributed by atoms with Crippen LogP contribution in [0.15, 0.2) is 109 Å². The van der Waals surface area contributed by atoms with Crippen LogP contribution < -0.4 is 18.9 Å². The molecule has 2 N–H and O–H groups in total. The predicted molar refractivity (Wildman–Crippen MR) is 527 cm³/mol. The van der Waals surface area contributed by atoms with Gasteiger partial charge in [0.15, 0.2) is 0 Å². The van der Waals surface area contributed by atoms with Gasteiger partial charge in [0.25, 0.3) is 0 Å². The molecular formula is C112H162N4O8. The van der Waals surface area contributed by atoms with Gasteiger partial charge in [0, 0.05) is 56.5 Å². The number of esters is 2. The number of carbonyl (C=O) groups excluding carboxylic acids is 2. The van der Waals surface area contributed by atoms with Crippen LogP contribution in [0.5, 0.6) is 23.0 Å². The summed E-state index contributed by atoms with van der Waals surface area (Å²) >= 11 is 0. The highest BCUT2D eigenvalue weighted by Crippen LogP contribution is 2.42. The molecule has 4 aromatic carbocycles. The summed E-state index contributed by atoms with van der Waals surface area (Å²) in [6.07, 6.45) is 80.9. The van der Waals surface area contributed by atoms with Gasteiger partial charge < -0.3 is 38.4 Å². The van der Waals surface area contributed by atoms with Gasteiger partial charge in [-0.1, -0.05) is 386 Å². The Morgan fingerprint density at radius 3 is 0.613 bits per heavy atom. The molecule has 9 rings (SSSR count). The van der Waals surface area contributed by atoms with E-state index in [-0.39, 0.29) is 0 Å². The van der Waals surface area contributed by atoms with Crippen LogP contribution in [0, 0.1) is 0 Å². The Hall–Kier alpha value is -8.38. The van der Waals surface area contributed by atoms with E-state index in [0.717, 1.165) is 164 Å². The molecule has 0 aliphatic carbocycles. The highest BCUT2D eigenvalue weighted by atomic mass is 16.5. The lowest BCUT2D eigenvalue weighted by Crippen LogP contribution is -2.01. The summed E-state index contributed by atoms with van der Waals surface area (Å²) in [6, 6.07) is 36.7. The molecule has 678 valence electrons. The largest absolute Gasteiger partial charge is 0.493 e. The predicted octanol–water partition coefficient (Wildman–Crippen LogP) is 34.3. The van der Waals surface area contributed by atoms with E-state index in [9.17, 15) is 9.59 Å². The molecule has 0 saturated heterocycles. The second kappa shape index (κ2) is 61.1. The second-order valence-corrected chi connectivity index (χ2v) is 35.8. The number of H-pyrrole nitrogens is 2. The zero-order chi connectivity index (χ0) is 86.9. The van der Waals surface area contributed by atoms with Crippen molar-refractivity contribution >= 4 is 58.3 Å². The van der Waals surface area contributed by atoms with Crippen LogP contribution >= 0.6 is 0 Å². The topological polar surface area (TPSA) is 147 Å². The molecule has 8 bridgehead atoms. The number of methoxy groups -OCH3 is 2. The summed E-state index contributed by atoms with van der Waals surface area (Å²) in [6.45, 7) is 11.6. The molecule has 12 nitrogen and oxygen atoms in total. The second-order valence-electron chi connectivity index (χ2n) is 35.8. The minimum Gasteiger partial charge on any atom is -0.493 e. The summed E-state index contributed by atoms with van der Waals surface area (Å²) in [4.78, 5) is 45.8. The lowest BCUT2D eigenvalue weighted by molar-refractivity contribution is 0.0592. The van der Waals surface area contributed by atoms with Crippen molar-refractivity contribution in [1.82, 2.24) is 19.9 Å². The summed E-state index contributed by atoms with van der Waals surface area (Å²) < 4.78 is 38.0. The standard InChI is InChI=1S/C112H162N4O8/c1-7-11-15-19-23-27-31-35-39-43-47-51-55-59-79-121-95-83-93(84-96(87-95)122-80-60-56-52-48-44-40-36-32-28-24-20-16-12-8-2)109-103-75-71-99(113-103)107(89-63-67-91(68-64-89)111(117)119-5)101-73-77-105(115-101)110(106-78-74-102(116-106)108(100-72-76-104(109)114-100)90-65-69-92(70-66-90)112(118)120-6)94-85-97(123-81-61-57-53-49-45-41-37-33-29-25-21-17-13-9-3)88-98(86-94)124-82-62-58-54-50-46-42-38-34-30-26-22-18-14-10-4/h63-78,83-88,113,116H,7-62,79-82H2,1-6H3. The van der Waals surface area contributed by atoms with Crippen LogP contribution in [-0.4, -0.2) is 72.5 Å². The molecule has 0 atom stereocenters. The average Bonchev–Trinajstić information content (AvgIpc) is 1.60. The smallest absolute Gasteiger partial charge is 0.337 e. The molecule has 7 aromatic rings. The number of benzene rings is 4. The quantitative estimate of drug-likeness (QED) is 0.0279. The number of aromatic amines is 2. The third kappa shape index (κ3) is 36.2. The van der Waals surface area contributed by atoms with E-state index in [2.05, 4.69) is 123 Å². The van der Waals surface area contributed by atoms with Gasteiger partial charge in [0.05, 0.1) is 74.5 Å². The lowest BCUT2D eigenvalue weighted by atomic mass is 10.0. The molecule has 5 heterocycles. The number of nitrogens with one attached hydrogen (secondary N) is 2. The first-order chi connectivity index (χ1) is 61.2. The molecule has 0 saturated carbocycles. The van der Waals surface area contributed by atoms with Crippen molar-refractivity contribution in [3.05, 3.63) is 143 Å². The SMILES string of the molecule is CCCCCCCCCCCCCCCCOc1cc(OCCCCCCCCCCCCCCCC)cc(-c2c3nc(c(-c4ccc(C(=O)OC)cc4)c4ccc([nH]4)c(-c4cc(OCCCCCCCCCCCCCCCC)cc(OCCCCCCCCCCCCCCCC)c4)c4nc(c(-c5ccc(C(=O)OC)cc5)c5ccc2[nH]5)C=C4)C=C3)c1. The fourth-order valence-corrected chi connectivity index (χ4v) is 17.9. The van der Waals surface area contributed by atoms with Gasteiger partial charge in [0.2, 0.25) is 0 Å². The Morgan fingerprint density at radius 2 is 0.419 bits per heavy atom. The molecule has 0 amide bonds. The van der Waals surface area contributed by atoms with Gasteiger partial charge in [-0.15, -0.1) is 0 Å². The first-order valence-electron chi connectivity index (χ1n) is 50.6. The van der Waals surface area contributed by atoms with Gasteiger partial charge in [-0.25, -0.2) is 19.6 Å². The van der Waals surface area contributed by atoms with Gasteiger partial charge >= 0.3 is 11.9 Å². The normalized spacial score (nSPS) is 11.8. The third-order valence-electron chi connectivity index (χ3n) is 25.3. The van der Waals surface area contributed by atoms with Gasteiger partial charge in [-0.3, -0.25) is 0 Å². The van der Waals surface area contributed by atoms with E-state index in [1.165, 1.54) is 322 Å². The zero-order valence-corrected chi connectivity index (χ0v) is 78.3. The first-order valence-corrected chi connectivity index (χ1v) is 50.6. The minimum absolute atomic E-state index is 0.406. The molecule has 2 aliphatic heterocycles. The number of nitrogens with zero attached hydrogens (tertiary/aromatic N) is 2. The van der Waals surface area contributed by atoms with Crippen LogP contribution in [0.2, 0.25) is 0 Å². The number of hydrogen-bond acceptors (Lipinski definition) is 10. The molecule has 0 fully saturated rings. The maximum atomic E-state index is 13.2. The summed E-state index contributed by atoms with van der Waals surface area (Å²) in [5, 5.41) is 0. The van der Waals surface area contributed by atoms with E-state index >= 15 is 0 Å². The first kappa shape index (κ1) is 99.4. The molecule has 0 spiro atoms. The van der Waals surface area contributed by atoms with Crippen molar-refractivity contribution in [2.45, 2.75) is 387 Å². The minimum atomic E-state index is -0.406. The van der Waals surface area contributed by atoms with Crippen molar-refractivity contribution in [1.29, 1.82) is 0 Å². The van der Waals surface area contributed by atoms with Gasteiger partial charge in [-0.05, 0) is 145 Å². The fraction of sp³-hybridized carbons (Fsp3) is 0.589. The van der Waals surface area contributed by atoms with Crippen LogP contribution in [0.25, 0.3) is 90.9 Å². The van der Waals surface area contributed by atoms with Crippen LogP contribution in [0.1, 0.15) is 431 Å². The zero-order valence-electron chi connectivity index (χ0n) is 78.3. The number of fused-ring (bicyclic) bond motifs is 8. The average molecular weight is 1690 g/mol. The van der Waals surface area contributed by atoms with Crippen molar-refractivity contribution < 1.29 is 38.0 Å². The maximum Gasteiger partial charge on any atom is 0.337 e. The molecule has 0 radical (unpaired) electrons. The number of rotatable bonds is 70. The fourth-order valence-electron chi connectivity index (χ4n) is 17.9. The lowest BCUT2D eigenvalue weighted by Gasteiger charge is -2.14. The van der Waals surface area contributed by atoms with E-state index < -0.39 is 11.9 Å². The number of unbranched alkanes of at least 4 members (excludes halogenated alkanes) is 52. The summed E-state index contributed by atoms with van der Waals surface area (Å²) in [7, 11) is 2.84. The molecule has 0 unspecified atom stereocenters. The number of ether oxygens (including phenoxy) is 6. The van der Waals surface area contributed by atoms with Gasteiger partial charge in [-0.2, -0.15) is 0 Å². The van der Waals surface area contributed by atoms with Crippen LogP contribution in [0.3, 0.4) is 0 Å². The molecule has 3 aromatic heterocycles. The van der Waals surface area contributed by atoms with Crippen molar-refractivity contribution in [2.75, 3.05) is 40.6 Å². The van der Waals surface area contributed by atoms with E-state index in [1.807, 2.05) is 48.5 Å². The third-order valence-corrected chi connectivity index (χ3v) is 25.3. The van der Waals surface area contributed by atoms with Crippen molar-refractivity contribution in [3.8, 4) is 67.5 Å². The number of aromatic nitrogens is 4. The Balaban J connectivity index is 1.08. The Morgan fingerprint density at radius 1 is 0.234 bits per heavy atom. The van der Waals surface area contributed by atoms with Crippen LogP contribution in [-0.2, 0) is 9.47 Å². The molecular weight excluding hydrogens is 1530 g/mol.